The van der Waals surface area contributed by atoms with Gasteiger partial charge in [-0.25, -0.2) is 22.0 Å². The zero-order chi connectivity index (χ0) is 26.8. The van der Waals surface area contributed by atoms with Gasteiger partial charge < -0.3 is 4.57 Å². The lowest BCUT2D eigenvalue weighted by atomic mass is 10.2. The maximum absolute atomic E-state index is 13.2. The van der Waals surface area contributed by atoms with Crippen molar-refractivity contribution in [1.29, 1.82) is 0 Å². The molecule has 9 nitrogen and oxygen atoms in total. The molecule has 4 aromatic rings. The summed E-state index contributed by atoms with van der Waals surface area (Å²) in [5.41, 5.74) is 1.31. The normalized spacial score (nSPS) is 12.4. The zero-order valence-electron chi connectivity index (χ0n) is 19.6. The molecule has 0 aliphatic heterocycles. The number of rotatable bonds is 7. The number of nitrogens with two attached hydrogens (primary N) is 1. The van der Waals surface area contributed by atoms with Gasteiger partial charge in [0.2, 0.25) is 10.0 Å². The third-order valence-corrected chi connectivity index (χ3v) is 9.32. The number of carbonyl (C=O) groups is 1. The van der Waals surface area contributed by atoms with E-state index in [1.807, 2.05) is 0 Å². The third kappa shape index (κ3) is 5.35. The Kier molecular flexibility index (Phi) is 7.33. The van der Waals surface area contributed by atoms with Crippen molar-refractivity contribution in [3.05, 3.63) is 83.2 Å². The summed E-state index contributed by atoms with van der Waals surface area (Å²) in [6.07, 6.45) is 5.49. The van der Waals surface area contributed by atoms with Crippen LogP contribution in [0, 0.1) is 12.3 Å². The van der Waals surface area contributed by atoms with E-state index in [0.717, 1.165) is 11.3 Å². The molecule has 0 aliphatic carbocycles. The van der Waals surface area contributed by atoms with Crippen molar-refractivity contribution < 1.29 is 21.6 Å². The minimum atomic E-state index is -3.91. The van der Waals surface area contributed by atoms with Crippen LogP contribution in [0.25, 0.3) is 10.2 Å². The molecule has 0 atom stereocenters. The van der Waals surface area contributed by atoms with Gasteiger partial charge in [0.1, 0.15) is 0 Å². The number of fused-ring (bicyclic) bond motifs is 1. The summed E-state index contributed by atoms with van der Waals surface area (Å²) in [6, 6.07) is 18.6. The Morgan fingerprint density at radius 2 is 1.68 bits per heavy atom. The SMILES string of the molecule is C#CCn1c(=NC(=O)c2ccc(S(=O)(=O)N(CC)c3ccccc3)cc2)sc2cc(S(N)(=O)=O)ccc21. The molecule has 37 heavy (non-hydrogen) atoms. The van der Waals surface area contributed by atoms with E-state index >= 15 is 0 Å². The van der Waals surface area contributed by atoms with Crippen LogP contribution >= 0.6 is 11.3 Å². The molecule has 12 heteroatoms. The molecule has 1 amide bonds. The predicted octanol–water partition coefficient (Wildman–Crippen LogP) is 2.94. The highest BCUT2D eigenvalue weighted by atomic mass is 32.2. The van der Waals surface area contributed by atoms with Gasteiger partial charge in [0.25, 0.3) is 15.9 Å². The first-order valence-electron chi connectivity index (χ1n) is 10.9. The Morgan fingerprint density at radius 1 is 1.03 bits per heavy atom. The number of hydrogen-bond acceptors (Lipinski definition) is 6. The highest BCUT2D eigenvalue weighted by Crippen LogP contribution is 2.24. The smallest absolute Gasteiger partial charge is 0.279 e. The van der Waals surface area contributed by atoms with Gasteiger partial charge in [-0.3, -0.25) is 9.10 Å². The number of carbonyl (C=O) groups excluding carboxylic acids is 1. The van der Waals surface area contributed by atoms with Gasteiger partial charge in [-0.15, -0.1) is 6.42 Å². The van der Waals surface area contributed by atoms with Gasteiger partial charge in [-0.1, -0.05) is 35.5 Å². The van der Waals surface area contributed by atoms with E-state index in [1.165, 1.54) is 40.7 Å². The van der Waals surface area contributed by atoms with Crippen LogP contribution in [0.2, 0.25) is 0 Å². The maximum atomic E-state index is 13.2. The molecule has 190 valence electrons. The highest BCUT2D eigenvalue weighted by Gasteiger charge is 2.23. The number of primary sulfonamides is 1. The van der Waals surface area contributed by atoms with Crippen molar-refractivity contribution in [2.24, 2.45) is 10.1 Å². The van der Waals surface area contributed by atoms with E-state index in [1.54, 1.807) is 47.9 Å². The molecular formula is C25H22N4O5S3. The second-order valence-corrected chi connectivity index (χ2v) is 12.2. The van der Waals surface area contributed by atoms with Crippen LogP contribution in [0.1, 0.15) is 17.3 Å². The summed E-state index contributed by atoms with van der Waals surface area (Å²) in [5.74, 6) is 1.89. The molecule has 3 aromatic carbocycles. The summed E-state index contributed by atoms with van der Waals surface area (Å²) < 4.78 is 53.3. The van der Waals surface area contributed by atoms with Crippen molar-refractivity contribution in [2.75, 3.05) is 10.8 Å². The molecule has 1 heterocycles. The fourth-order valence-corrected chi connectivity index (χ4v) is 6.85. The Hall–Kier alpha value is -3.76. The fraction of sp³-hybridized carbons (Fsp3) is 0.120. The average Bonchev–Trinajstić information content (AvgIpc) is 3.21. The van der Waals surface area contributed by atoms with Crippen LogP contribution < -0.4 is 14.2 Å². The van der Waals surface area contributed by atoms with E-state index in [4.69, 9.17) is 11.6 Å². The van der Waals surface area contributed by atoms with Crippen molar-refractivity contribution in [2.45, 2.75) is 23.3 Å². The largest absolute Gasteiger partial charge is 0.305 e. The number of anilines is 1. The first-order valence-corrected chi connectivity index (χ1v) is 14.7. The van der Waals surface area contributed by atoms with Crippen molar-refractivity contribution in [3.63, 3.8) is 0 Å². The van der Waals surface area contributed by atoms with Crippen LogP contribution in [0.3, 0.4) is 0 Å². The minimum absolute atomic E-state index is 0.0366. The van der Waals surface area contributed by atoms with Gasteiger partial charge in [-0.05, 0) is 61.5 Å². The van der Waals surface area contributed by atoms with Gasteiger partial charge in [0, 0.05) is 12.1 Å². The van der Waals surface area contributed by atoms with Crippen LogP contribution in [0.5, 0.6) is 0 Å². The second kappa shape index (κ2) is 10.3. The molecule has 0 spiro atoms. The number of aromatic nitrogens is 1. The fourth-order valence-electron chi connectivity index (χ4n) is 3.69. The molecule has 2 N–H and O–H groups in total. The van der Waals surface area contributed by atoms with Crippen LogP contribution in [0.15, 0.2) is 87.6 Å². The van der Waals surface area contributed by atoms with Crippen molar-refractivity contribution in [3.8, 4) is 12.3 Å². The van der Waals surface area contributed by atoms with Gasteiger partial charge >= 0.3 is 0 Å². The third-order valence-electron chi connectivity index (χ3n) is 5.45. The Morgan fingerprint density at radius 3 is 2.27 bits per heavy atom. The Labute approximate surface area is 218 Å². The van der Waals surface area contributed by atoms with Crippen LogP contribution in [-0.4, -0.2) is 33.9 Å². The number of thiazole rings is 1. The van der Waals surface area contributed by atoms with Crippen LogP contribution in [-0.2, 0) is 26.6 Å². The molecule has 0 aliphatic rings. The lowest BCUT2D eigenvalue weighted by Crippen LogP contribution is -2.30. The molecule has 0 bridgehead atoms. The zero-order valence-corrected chi connectivity index (χ0v) is 22.1. The molecule has 0 fully saturated rings. The van der Waals surface area contributed by atoms with Crippen molar-refractivity contribution >= 4 is 53.2 Å². The summed E-state index contributed by atoms with van der Waals surface area (Å²) in [7, 11) is -7.76. The summed E-state index contributed by atoms with van der Waals surface area (Å²) in [4.78, 5) is 17.4. The van der Waals surface area contributed by atoms with Gasteiger partial charge in [-0.2, -0.15) is 4.99 Å². The first kappa shape index (κ1) is 26.3. The van der Waals surface area contributed by atoms with Gasteiger partial charge in [0.05, 0.1) is 32.2 Å². The summed E-state index contributed by atoms with van der Waals surface area (Å²) in [5, 5.41) is 5.23. The van der Waals surface area contributed by atoms with E-state index in [0.29, 0.717) is 15.9 Å². The molecule has 0 saturated heterocycles. The van der Waals surface area contributed by atoms with E-state index in [9.17, 15) is 21.6 Å². The lowest BCUT2D eigenvalue weighted by molar-refractivity contribution is 0.0997. The number of hydrogen-bond donors (Lipinski definition) is 1. The number of benzene rings is 3. The molecular weight excluding hydrogens is 532 g/mol. The second-order valence-electron chi connectivity index (χ2n) is 7.80. The summed E-state index contributed by atoms with van der Waals surface area (Å²) >= 11 is 1.09. The molecule has 4 rings (SSSR count). The number of terminal acetylenes is 1. The van der Waals surface area contributed by atoms with E-state index < -0.39 is 26.0 Å². The topological polar surface area (TPSA) is 132 Å². The molecule has 1 aromatic heterocycles. The Balaban J connectivity index is 1.70. The quantitative estimate of drug-likeness (QED) is 0.351. The average molecular weight is 555 g/mol. The number of sulfonamides is 2. The van der Waals surface area contributed by atoms with E-state index in [-0.39, 0.29) is 33.2 Å². The standard InChI is InChI=1S/C25H22N4O5S3/c1-3-16-28-22-15-14-21(36(26,31)32)17-23(22)35-25(28)27-24(30)18-10-12-20(13-11-18)37(33,34)29(4-2)19-8-6-5-7-9-19/h1,5-15,17H,4,16H2,2H3,(H2,26,31,32). The molecule has 0 saturated carbocycles. The maximum Gasteiger partial charge on any atom is 0.279 e. The van der Waals surface area contributed by atoms with Gasteiger partial charge in [0.15, 0.2) is 4.80 Å². The Bertz CT molecular complexity index is 1800. The van der Waals surface area contributed by atoms with Crippen molar-refractivity contribution in [1.82, 2.24) is 4.57 Å². The first-order chi connectivity index (χ1) is 17.6. The number of amides is 1. The number of para-hydroxylation sites is 1. The predicted molar refractivity (Wildman–Crippen MR) is 143 cm³/mol. The van der Waals surface area contributed by atoms with E-state index in [2.05, 4.69) is 10.9 Å². The monoisotopic (exact) mass is 554 g/mol. The molecule has 0 radical (unpaired) electrons. The minimum Gasteiger partial charge on any atom is -0.305 e. The van der Waals surface area contributed by atoms with Crippen LogP contribution in [0.4, 0.5) is 5.69 Å². The number of nitrogens with zero attached hydrogens (tertiary/aromatic N) is 3. The highest BCUT2D eigenvalue weighted by molar-refractivity contribution is 7.92. The lowest BCUT2D eigenvalue weighted by Gasteiger charge is -2.22. The molecule has 0 unspecified atom stereocenters. The summed E-state index contributed by atoms with van der Waals surface area (Å²) in [6.45, 7) is 2.07.